The van der Waals surface area contributed by atoms with E-state index in [0.29, 0.717) is 0 Å². The Kier molecular flexibility index (Phi) is 6.55. The van der Waals surface area contributed by atoms with Gasteiger partial charge in [-0.1, -0.05) is 37.5 Å². The van der Waals surface area contributed by atoms with Gasteiger partial charge in [0.2, 0.25) is 0 Å². The number of allylic oxidation sites excluding steroid dienone is 6. The second kappa shape index (κ2) is 7.50. The average Bonchev–Trinajstić information content (AvgIpc) is 2.17. The van der Waals surface area contributed by atoms with E-state index in [1.54, 1.807) is 6.08 Å². The summed E-state index contributed by atoms with van der Waals surface area (Å²) in [4.78, 5) is 13.9. The molecule has 0 aliphatic heterocycles. The first-order valence-electron chi connectivity index (χ1n) is 4.44. The van der Waals surface area contributed by atoms with Crippen molar-refractivity contribution in [1.29, 1.82) is 0 Å². The monoisotopic (exact) mass is 205 g/mol. The molecule has 0 saturated carbocycles. The van der Waals surface area contributed by atoms with Crippen LogP contribution >= 0.6 is 0 Å². The molecule has 3 heteroatoms. The van der Waals surface area contributed by atoms with Crippen molar-refractivity contribution in [2.45, 2.75) is 6.92 Å². The standard InChI is InChI=1S/C12H15NO2/c1-4-10(2)6-5-7-11(3)8-13-9-12(14)15/h4-8H,1-2,9H2,3H3,(H,14,15)/b6-5+,11-7+,13-8?. The predicted octanol–water partition coefficient (Wildman–Crippen LogP) is 2.39. The highest BCUT2D eigenvalue weighted by atomic mass is 16.4. The molecule has 0 saturated heterocycles. The van der Waals surface area contributed by atoms with Crippen LogP contribution in [-0.4, -0.2) is 23.8 Å². The first-order chi connectivity index (χ1) is 7.06. The maximum Gasteiger partial charge on any atom is 0.325 e. The average molecular weight is 205 g/mol. The van der Waals surface area contributed by atoms with Crippen molar-refractivity contribution in [2.75, 3.05) is 6.54 Å². The van der Waals surface area contributed by atoms with Crippen molar-refractivity contribution in [3.05, 3.63) is 48.6 Å². The van der Waals surface area contributed by atoms with Gasteiger partial charge < -0.3 is 5.11 Å². The highest BCUT2D eigenvalue weighted by Crippen LogP contribution is 1.95. The molecule has 15 heavy (non-hydrogen) atoms. The lowest BCUT2D eigenvalue weighted by molar-refractivity contribution is -0.135. The topological polar surface area (TPSA) is 49.7 Å². The van der Waals surface area contributed by atoms with E-state index in [1.807, 2.05) is 25.2 Å². The zero-order chi connectivity index (χ0) is 11.7. The lowest BCUT2D eigenvalue weighted by Crippen LogP contribution is -1.99. The van der Waals surface area contributed by atoms with Crippen LogP contribution in [0.2, 0.25) is 0 Å². The van der Waals surface area contributed by atoms with Gasteiger partial charge in [-0.15, -0.1) is 0 Å². The first-order valence-corrected chi connectivity index (χ1v) is 4.44. The zero-order valence-corrected chi connectivity index (χ0v) is 8.81. The van der Waals surface area contributed by atoms with E-state index in [4.69, 9.17) is 5.11 Å². The summed E-state index contributed by atoms with van der Waals surface area (Å²) in [5.41, 5.74) is 1.70. The van der Waals surface area contributed by atoms with E-state index < -0.39 is 5.97 Å². The van der Waals surface area contributed by atoms with Gasteiger partial charge in [-0.3, -0.25) is 9.79 Å². The van der Waals surface area contributed by atoms with Crippen LogP contribution in [0.15, 0.2) is 53.6 Å². The molecule has 0 aliphatic carbocycles. The summed E-state index contributed by atoms with van der Waals surface area (Å²) in [5.74, 6) is -0.936. The minimum absolute atomic E-state index is 0.200. The van der Waals surface area contributed by atoms with Gasteiger partial charge in [-0.25, -0.2) is 0 Å². The van der Waals surface area contributed by atoms with E-state index in [1.165, 1.54) is 6.21 Å². The Morgan fingerprint density at radius 1 is 1.53 bits per heavy atom. The Bertz CT molecular complexity index is 336. The number of aliphatic imine (C=N–C) groups is 1. The molecule has 0 bridgehead atoms. The molecule has 3 nitrogen and oxygen atoms in total. The molecular formula is C12H15NO2. The Balaban J connectivity index is 4.15. The number of carbonyl (C=O) groups is 1. The Morgan fingerprint density at radius 3 is 2.73 bits per heavy atom. The largest absolute Gasteiger partial charge is 0.480 e. The maximum atomic E-state index is 10.2. The van der Waals surface area contributed by atoms with Crippen LogP contribution in [0.4, 0.5) is 0 Å². The maximum absolute atomic E-state index is 10.2. The molecule has 0 aliphatic rings. The fourth-order valence-electron chi connectivity index (χ4n) is 0.702. The van der Waals surface area contributed by atoms with Crippen molar-refractivity contribution in [3.63, 3.8) is 0 Å². The zero-order valence-electron chi connectivity index (χ0n) is 8.81. The van der Waals surface area contributed by atoms with Crippen LogP contribution in [0, 0.1) is 0 Å². The van der Waals surface area contributed by atoms with Crippen LogP contribution in [-0.2, 0) is 4.79 Å². The van der Waals surface area contributed by atoms with Crippen molar-refractivity contribution < 1.29 is 9.90 Å². The molecule has 0 radical (unpaired) electrons. The minimum atomic E-state index is -0.936. The van der Waals surface area contributed by atoms with Crippen molar-refractivity contribution in [2.24, 2.45) is 4.99 Å². The van der Waals surface area contributed by atoms with Crippen molar-refractivity contribution in [1.82, 2.24) is 0 Å². The molecule has 0 aromatic heterocycles. The minimum Gasteiger partial charge on any atom is -0.480 e. The summed E-state index contributed by atoms with van der Waals surface area (Å²) in [7, 11) is 0. The number of carboxylic acids is 1. The summed E-state index contributed by atoms with van der Waals surface area (Å²) in [6.45, 7) is 8.91. The smallest absolute Gasteiger partial charge is 0.325 e. The fourth-order valence-corrected chi connectivity index (χ4v) is 0.702. The molecule has 0 fully saturated rings. The van der Waals surface area contributed by atoms with Gasteiger partial charge in [0.05, 0.1) is 0 Å². The van der Waals surface area contributed by atoms with Crippen LogP contribution in [0.5, 0.6) is 0 Å². The first kappa shape index (κ1) is 13.1. The van der Waals surface area contributed by atoms with Crippen LogP contribution in [0.1, 0.15) is 6.92 Å². The van der Waals surface area contributed by atoms with E-state index in [9.17, 15) is 4.79 Å². The third-order valence-electron chi connectivity index (χ3n) is 1.45. The van der Waals surface area contributed by atoms with Gasteiger partial charge in [0.1, 0.15) is 6.54 Å². The Morgan fingerprint density at radius 2 is 2.20 bits per heavy atom. The van der Waals surface area contributed by atoms with E-state index in [2.05, 4.69) is 18.2 Å². The Hall–Kier alpha value is -1.90. The molecule has 0 heterocycles. The molecule has 1 N–H and O–H groups in total. The number of rotatable bonds is 6. The summed E-state index contributed by atoms with van der Waals surface area (Å²) in [5, 5.41) is 8.34. The number of aliphatic carboxylic acids is 1. The lowest BCUT2D eigenvalue weighted by atomic mass is 10.2. The quantitative estimate of drug-likeness (QED) is 0.534. The molecule has 0 aromatic carbocycles. The molecule has 0 rings (SSSR count). The van der Waals surface area contributed by atoms with Crippen LogP contribution in [0.25, 0.3) is 0 Å². The third kappa shape index (κ3) is 8.43. The van der Waals surface area contributed by atoms with Crippen LogP contribution < -0.4 is 0 Å². The van der Waals surface area contributed by atoms with Gasteiger partial charge in [-0.05, 0) is 18.1 Å². The number of hydrogen-bond donors (Lipinski definition) is 1. The highest BCUT2D eigenvalue weighted by molar-refractivity contribution is 5.80. The molecule has 80 valence electrons. The van der Waals surface area contributed by atoms with E-state index in [-0.39, 0.29) is 6.54 Å². The van der Waals surface area contributed by atoms with Gasteiger partial charge in [-0.2, -0.15) is 0 Å². The molecule has 0 spiro atoms. The summed E-state index contributed by atoms with van der Waals surface area (Å²) in [6, 6.07) is 0. The molecule has 0 atom stereocenters. The SMILES string of the molecule is C=CC(=C)/C=C/C=C(\C)C=NCC(=O)O. The Labute approximate surface area is 89.8 Å². The highest BCUT2D eigenvalue weighted by Gasteiger charge is 1.89. The van der Waals surface area contributed by atoms with Gasteiger partial charge in [0.15, 0.2) is 0 Å². The van der Waals surface area contributed by atoms with Gasteiger partial charge >= 0.3 is 5.97 Å². The normalized spacial score (nSPS) is 12.2. The molecular weight excluding hydrogens is 190 g/mol. The molecule has 0 amide bonds. The number of carboxylic acid groups (broad SMARTS) is 1. The fraction of sp³-hybridized carbons (Fsp3) is 0.167. The van der Waals surface area contributed by atoms with Crippen LogP contribution in [0.3, 0.4) is 0 Å². The number of nitrogens with zero attached hydrogens (tertiary/aromatic N) is 1. The lowest BCUT2D eigenvalue weighted by Gasteiger charge is -1.89. The summed E-state index contributed by atoms with van der Waals surface area (Å²) in [6.07, 6.45) is 8.61. The van der Waals surface area contributed by atoms with Crippen molar-refractivity contribution in [3.8, 4) is 0 Å². The summed E-state index contributed by atoms with van der Waals surface area (Å²) < 4.78 is 0. The van der Waals surface area contributed by atoms with Gasteiger partial charge in [0.25, 0.3) is 0 Å². The third-order valence-corrected chi connectivity index (χ3v) is 1.45. The molecule has 0 aromatic rings. The molecule has 0 unspecified atom stereocenters. The van der Waals surface area contributed by atoms with Crippen molar-refractivity contribution >= 4 is 12.2 Å². The number of hydrogen-bond acceptors (Lipinski definition) is 2. The van der Waals surface area contributed by atoms with Gasteiger partial charge in [0, 0.05) is 6.21 Å². The second-order valence-electron chi connectivity index (χ2n) is 2.91. The predicted molar refractivity (Wildman–Crippen MR) is 63.2 cm³/mol. The second-order valence-corrected chi connectivity index (χ2v) is 2.91. The van der Waals surface area contributed by atoms with E-state index >= 15 is 0 Å². The van der Waals surface area contributed by atoms with E-state index in [0.717, 1.165) is 11.1 Å². The summed E-state index contributed by atoms with van der Waals surface area (Å²) >= 11 is 0.